The van der Waals surface area contributed by atoms with Crippen molar-refractivity contribution in [1.82, 2.24) is 24.6 Å². The van der Waals surface area contributed by atoms with Crippen molar-refractivity contribution in [2.24, 2.45) is 0 Å². The highest BCUT2D eigenvalue weighted by atomic mass is 16.4. The number of hydrogen-bond acceptors (Lipinski definition) is 5. The van der Waals surface area contributed by atoms with Crippen LogP contribution in [0.15, 0.2) is 36.9 Å². The van der Waals surface area contributed by atoms with Crippen LogP contribution in [0, 0.1) is 0 Å². The Morgan fingerprint density at radius 1 is 1.22 bits per heavy atom. The zero-order valence-electron chi connectivity index (χ0n) is 9.06. The smallest absolute Gasteiger partial charge is 0.375 e. The average Bonchev–Trinajstić information content (AvgIpc) is 2.82. The number of hydrogen-bond donors (Lipinski definition) is 1. The van der Waals surface area contributed by atoms with E-state index in [0.29, 0.717) is 0 Å². The fourth-order valence-corrected chi connectivity index (χ4v) is 1.57. The molecule has 18 heavy (non-hydrogen) atoms. The van der Waals surface area contributed by atoms with Crippen LogP contribution in [0.4, 0.5) is 0 Å². The molecule has 3 rings (SSSR count). The summed E-state index contributed by atoms with van der Waals surface area (Å²) >= 11 is 0. The van der Waals surface area contributed by atoms with Gasteiger partial charge in [-0.3, -0.25) is 4.98 Å². The van der Waals surface area contributed by atoms with Gasteiger partial charge in [0.1, 0.15) is 0 Å². The summed E-state index contributed by atoms with van der Waals surface area (Å²) in [5, 5.41) is 12.6. The molecule has 0 amide bonds. The van der Waals surface area contributed by atoms with E-state index in [9.17, 15) is 4.79 Å². The molecule has 0 unspecified atom stereocenters. The monoisotopic (exact) mass is 241 g/mol. The molecule has 3 aromatic rings. The lowest BCUT2D eigenvalue weighted by atomic mass is 10.1. The van der Waals surface area contributed by atoms with Crippen LogP contribution in [0.5, 0.6) is 0 Å². The van der Waals surface area contributed by atoms with Crippen molar-refractivity contribution in [3.8, 4) is 11.1 Å². The van der Waals surface area contributed by atoms with E-state index in [4.69, 9.17) is 5.11 Å². The topological polar surface area (TPSA) is 93.3 Å². The van der Waals surface area contributed by atoms with Gasteiger partial charge in [-0.15, -0.1) is 5.10 Å². The second-order valence-electron chi connectivity index (χ2n) is 3.56. The maximum Gasteiger partial charge on any atom is 0.375 e. The van der Waals surface area contributed by atoms with E-state index < -0.39 is 5.97 Å². The highest BCUT2D eigenvalue weighted by Gasteiger charge is 2.11. The van der Waals surface area contributed by atoms with Crippen LogP contribution in [0.25, 0.3) is 16.9 Å². The van der Waals surface area contributed by atoms with Gasteiger partial charge in [0, 0.05) is 30.4 Å². The van der Waals surface area contributed by atoms with E-state index in [1.807, 2.05) is 12.1 Å². The number of aromatic nitrogens is 5. The van der Waals surface area contributed by atoms with Gasteiger partial charge in [0.25, 0.3) is 11.6 Å². The number of carboxylic acids is 1. The molecule has 0 aliphatic heterocycles. The molecule has 1 N–H and O–H groups in total. The Hall–Kier alpha value is -2.83. The molecule has 88 valence electrons. The van der Waals surface area contributed by atoms with Crippen molar-refractivity contribution in [2.75, 3.05) is 0 Å². The molecule has 0 saturated carbocycles. The van der Waals surface area contributed by atoms with Crippen molar-refractivity contribution >= 4 is 11.7 Å². The molecule has 0 radical (unpaired) electrons. The van der Waals surface area contributed by atoms with Gasteiger partial charge in [-0.1, -0.05) is 0 Å². The summed E-state index contributed by atoms with van der Waals surface area (Å²) in [7, 11) is 0. The molecule has 7 nitrogen and oxygen atoms in total. The summed E-state index contributed by atoms with van der Waals surface area (Å²) in [6.45, 7) is 0. The Bertz CT molecular complexity index is 723. The van der Waals surface area contributed by atoms with Crippen LogP contribution in [0.1, 0.15) is 10.6 Å². The van der Waals surface area contributed by atoms with Crippen LogP contribution in [-0.2, 0) is 0 Å². The van der Waals surface area contributed by atoms with Crippen LogP contribution < -0.4 is 0 Å². The maximum absolute atomic E-state index is 10.8. The first kappa shape index (κ1) is 10.3. The van der Waals surface area contributed by atoms with Crippen molar-refractivity contribution in [1.29, 1.82) is 0 Å². The predicted octanol–water partition coefficient (Wildman–Crippen LogP) is 0.884. The highest BCUT2D eigenvalue weighted by Crippen LogP contribution is 2.16. The Balaban J connectivity index is 2.14. The summed E-state index contributed by atoms with van der Waals surface area (Å²) in [5.41, 5.74) is 1.73. The molecular formula is C11H7N5O2. The minimum atomic E-state index is -1.18. The normalized spacial score (nSPS) is 10.7. The number of fused-ring (bicyclic) bond motifs is 1. The number of carbonyl (C=O) groups is 1. The maximum atomic E-state index is 10.8. The molecule has 0 aliphatic carbocycles. The molecule has 0 aromatic carbocycles. The first-order chi connectivity index (χ1) is 8.74. The number of carboxylic acid groups (broad SMARTS) is 1. The van der Waals surface area contributed by atoms with Gasteiger partial charge >= 0.3 is 5.97 Å². The quantitative estimate of drug-likeness (QED) is 0.716. The minimum Gasteiger partial charge on any atom is -0.475 e. The lowest BCUT2D eigenvalue weighted by Crippen LogP contribution is -1.99. The van der Waals surface area contributed by atoms with Crippen LogP contribution >= 0.6 is 0 Å². The van der Waals surface area contributed by atoms with Crippen molar-refractivity contribution in [3.05, 3.63) is 42.7 Å². The van der Waals surface area contributed by atoms with Crippen molar-refractivity contribution in [3.63, 3.8) is 0 Å². The zero-order chi connectivity index (χ0) is 12.5. The van der Waals surface area contributed by atoms with Gasteiger partial charge < -0.3 is 5.11 Å². The van der Waals surface area contributed by atoms with Gasteiger partial charge in [0.2, 0.25) is 0 Å². The Labute approximate surface area is 101 Å². The van der Waals surface area contributed by atoms with E-state index in [2.05, 4.69) is 20.1 Å². The van der Waals surface area contributed by atoms with Gasteiger partial charge in [0.05, 0.1) is 0 Å². The third-order valence-corrected chi connectivity index (χ3v) is 2.40. The summed E-state index contributed by atoms with van der Waals surface area (Å²) in [6, 6.07) is 3.66. The molecule has 3 heterocycles. The molecule has 0 saturated heterocycles. The molecule has 7 heteroatoms. The van der Waals surface area contributed by atoms with Gasteiger partial charge in [0.15, 0.2) is 0 Å². The lowest BCUT2D eigenvalue weighted by molar-refractivity contribution is 0.0684. The van der Waals surface area contributed by atoms with Crippen LogP contribution in [0.3, 0.4) is 0 Å². The minimum absolute atomic E-state index is 0.255. The lowest BCUT2D eigenvalue weighted by Gasteiger charge is -1.99. The predicted molar refractivity (Wildman–Crippen MR) is 61.0 cm³/mol. The fraction of sp³-hybridized carbons (Fsp3) is 0. The standard InChI is InChI=1S/C11H7N5O2/c17-10(18)9-14-11-13-5-8(6-16(11)15-9)7-1-3-12-4-2-7/h1-6H,(H,17,18). The van der Waals surface area contributed by atoms with E-state index >= 15 is 0 Å². The molecule has 3 aromatic heterocycles. The number of nitrogens with zero attached hydrogens (tertiary/aromatic N) is 5. The van der Waals surface area contributed by atoms with Crippen LogP contribution in [-0.4, -0.2) is 35.6 Å². The Morgan fingerprint density at radius 3 is 2.72 bits per heavy atom. The van der Waals surface area contributed by atoms with Crippen molar-refractivity contribution < 1.29 is 9.90 Å². The van der Waals surface area contributed by atoms with Crippen molar-refractivity contribution in [2.45, 2.75) is 0 Å². The largest absolute Gasteiger partial charge is 0.475 e. The van der Waals surface area contributed by atoms with Gasteiger partial charge in [-0.05, 0) is 17.7 Å². The third-order valence-electron chi connectivity index (χ3n) is 2.40. The SMILES string of the molecule is O=C(O)c1nc2ncc(-c3ccncc3)cn2n1. The van der Waals surface area contributed by atoms with E-state index in [1.165, 1.54) is 4.52 Å². The van der Waals surface area contributed by atoms with E-state index in [-0.39, 0.29) is 11.6 Å². The molecule has 0 spiro atoms. The molecule has 0 bridgehead atoms. The van der Waals surface area contributed by atoms with E-state index in [1.54, 1.807) is 24.8 Å². The molecular weight excluding hydrogens is 234 g/mol. The summed E-state index contributed by atoms with van der Waals surface area (Å²) in [6.07, 6.45) is 6.63. The zero-order valence-corrected chi connectivity index (χ0v) is 9.06. The second-order valence-corrected chi connectivity index (χ2v) is 3.56. The number of pyridine rings is 1. The summed E-state index contributed by atoms with van der Waals surface area (Å²) in [4.78, 5) is 22.5. The fourth-order valence-electron chi connectivity index (χ4n) is 1.57. The Morgan fingerprint density at radius 2 is 2.00 bits per heavy atom. The van der Waals surface area contributed by atoms with E-state index in [0.717, 1.165) is 11.1 Å². The number of rotatable bonds is 2. The first-order valence-electron chi connectivity index (χ1n) is 5.10. The summed E-state index contributed by atoms with van der Waals surface area (Å²) in [5.74, 6) is -1.19. The third kappa shape index (κ3) is 1.67. The molecule has 0 fully saturated rings. The average molecular weight is 241 g/mol. The molecule has 0 atom stereocenters. The molecule has 0 aliphatic rings. The van der Waals surface area contributed by atoms with Gasteiger partial charge in [-0.2, -0.15) is 4.98 Å². The summed E-state index contributed by atoms with van der Waals surface area (Å²) < 4.78 is 1.35. The first-order valence-corrected chi connectivity index (χ1v) is 5.10. The van der Waals surface area contributed by atoms with Gasteiger partial charge in [-0.25, -0.2) is 14.3 Å². The second kappa shape index (κ2) is 3.88. The Kier molecular flexibility index (Phi) is 2.23. The van der Waals surface area contributed by atoms with Crippen LogP contribution in [0.2, 0.25) is 0 Å². The highest BCUT2D eigenvalue weighted by molar-refractivity contribution is 5.83. The number of aromatic carboxylic acids is 1.